The van der Waals surface area contributed by atoms with Gasteiger partial charge in [0, 0.05) is 10.9 Å². The molecule has 0 unspecified atom stereocenters. The van der Waals surface area contributed by atoms with Crippen LogP contribution in [-0.4, -0.2) is 23.0 Å². The number of halogens is 2. The molecule has 8 heteroatoms. The minimum atomic E-state index is -0.972. The van der Waals surface area contributed by atoms with Crippen LogP contribution in [0.5, 0.6) is 0 Å². The molecule has 0 spiro atoms. The molecule has 0 aliphatic carbocycles. The van der Waals surface area contributed by atoms with E-state index in [0.717, 1.165) is 23.5 Å². The van der Waals surface area contributed by atoms with Crippen molar-refractivity contribution in [3.05, 3.63) is 35.2 Å². The Morgan fingerprint density at radius 2 is 1.92 bits per heavy atom. The normalized spacial score (nSPS) is 12.1. The van der Waals surface area contributed by atoms with Gasteiger partial charge in [0.15, 0.2) is 22.9 Å². The molecule has 2 aromatic rings. The Balaban J connectivity index is 2.04. The Morgan fingerprint density at radius 3 is 2.54 bits per heavy atom. The zero-order valence-corrected chi connectivity index (χ0v) is 14.1. The number of esters is 1. The number of nitrogens with one attached hydrogen (secondary N) is 1. The van der Waals surface area contributed by atoms with Gasteiger partial charge < -0.3 is 4.74 Å². The molecule has 1 amide bonds. The van der Waals surface area contributed by atoms with Crippen LogP contribution in [0.4, 0.5) is 13.9 Å². The van der Waals surface area contributed by atoms with Crippen molar-refractivity contribution in [3.63, 3.8) is 0 Å². The van der Waals surface area contributed by atoms with E-state index in [1.165, 1.54) is 13.0 Å². The molecule has 1 heterocycles. The van der Waals surface area contributed by atoms with Gasteiger partial charge in [0.25, 0.3) is 5.91 Å². The van der Waals surface area contributed by atoms with Crippen molar-refractivity contribution in [1.82, 2.24) is 4.98 Å². The van der Waals surface area contributed by atoms with E-state index in [1.54, 1.807) is 19.2 Å². The predicted octanol–water partition coefficient (Wildman–Crippen LogP) is 3.61. The summed E-state index contributed by atoms with van der Waals surface area (Å²) < 4.78 is 31.2. The van der Waals surface area contributed by atoms with Crippen LogP contribution in [0.15, 0.2) is 23.6 Å². The van der Waals surface area contributed by atoms with E-state index in [0.29, 0.717) is 11.3 Å². The molecule has 1 N–H and O–H groups in total. The van der Waals surface area contributed by atoms with Crippen LogP contribution < -0.4 is 5.32 Å². The highest BCUT2D eigenvalue weighted by Crippen LogP contribution is 2.26. The Morgan fingerprint density at radius 1 is 1.21 bits per heavy atom. The lowest BCUT2D eigenvalue weighted by Gasteiger charge is -2.13. The number of aromatic nitrogens is 1. The van der Waals surface area contributed by atoms with Crippen LogP contribution in [0.3, 0.4) is 0 Å². The summed E-state index contributed by atoms with van der Waals surface area (Å²) in [5.41, 5.74) is 0.797. The number of thiazole rings is 1. The van der Waals surface area contributed by atoms with E-state index in [4.69, 9.17) is 4.74 Å². The molecule has 128 valence electrons. The summed E-state index contributed by atoms with van der Waals surface area (Å²) in [6.45, 7) is 4.79. The molecule has 5 nitrogen and oxygen atoms in total. The molecule has 0 fully saturated rings. The molecular weight excluding hydrogens is 338 g/mol. The number of carbonyl (C=O) groups is 2. The molecule has 1 aromatic heterocycles. The van der Waals surface area contributed by atoms with Crippen LogP contribution in [-0.2, 0) is 14.3 Å². The van der Waals surface area contributed by atoms with Crippen LogP contribution >= 0.6 is 11.3 Å². The molecule has 0 bridgehead atoms. The van der Waals surface area contributed by atoms with Crippen LogP contribution in [0, 0.1) is 17.6 Å². The van der Waals surface area contributed by atoms with Gasteiger partial charge in [-0.1, -0.05) is 13.8 Å². The summed E-state index contributed by atoms with van der Waals surface area (Å²) >= 11 is 1.13. The summed E-state index contributed by atoms with van der Waals surface area (Å²) in [5.74, 6) is -3.24. The average molecular weight is 354 g/mol. The number of amides is 1. The van der Waals surface area contributed by atoms with Crippen molar-refractivity contribution >= 4 is 28.3 Å². The first kappa shape index (κ1) is 18.0. The molecule has 0 saturated carbocycles. The lowest BCUT2D eigenvalue weighted by atomic mass is 10.2. The number of ether oxygens (including phenoxy) is 1. The maximum atomic E-state index is 13.3. The van der Waals surface area contributed by atoms with E-state index in [9.17, 15) is 18.4 Å². The average Bonchev–Trinajstić information content (AvgIpc) is 2.98. The van der Waals surface area contributed by atoms with Gasteiger partial charge in [-0.2, -0.15) is 0 Å². The standard InChI is InChI=1S/C16H16F2N2O3S/c1-8(2)15(22)23-9(3)14(21)20-16-19-13(7-24-16)10-4-5-11(17)12(18)6-10/h4-9H,1-3H3,(H,19,20,21)/t9-/m0/s1. The fraction of sp³-hybridized carbons (Fsp3) is 0.312. The first-order valence-corrected chi connectivity index (χ1v) is 8.08. The lowest BCUT2D eigenvalue weighted by Crippen LogP contribution is -2.31. The van der Waals surface area contributed by atoms with Crippen molar-refractivity contribution in [2.75, 3.05) is 5.32 Å². The fourth-order valence-corrected chi connectivity index (χ4v) is 2.41. The van der Waals surface area contributed by atoms with E-state index < -0.39 is 29.6 Å². The Bertz CT molecular complexity index is 762. The number of hydrogen-bond acceptors (Lipinski definition) is 5. The highest BCUT2D eigenvalue weighted by atomic mass is 32.1. The van der Waals surface area contributed by atoms with Gasteiger partial charge in [-0.15, -0.1) is 11.3 Å². The smallest absolute Gasteiger partial charge is 0.309 e. The number of hydrogen-bond donors (Lipinski definition) is 1. The summed E-state index contributed by atoms with van der Waals surface area (Å²) in [6, 6.07) is 3.44. The van der Waals surface area contributed by atoms with Crippen molar-refractivity contribution in [3.8, 4) is 11.3 Å². The maximum Gasteiger partial charge on any atom is 0.309 e. The van der Waals surface area contributed by atoms with Gasteiger partial charge in [-0.3, -0.25) is 14.9 Å². The third-order valence-corrected chi connectivity index (χ3v) is 3.84. The Labute approximate surface area is 141 Å². The molecule has 0 aliphatic rings. The monoisotopic (exact) mass is 354 g/mol. The molecule has 2 rings (SSSR count). The minimum absolute atomic E-state index is 0.271. The molecular formula is C16H16F2N2O3S. The Hall–Kier alpha value is -2.35. The summed E-state index contributed by atoms with van der Waals surface area (Å²) in [5, 5.41) is 4.40. The molecule has 0 saturated heterocycles. The number of carbonyl (C=O) groups excluding carboxylic acids is 2. The van der Waals surface area contributed by atoms with Gasteiger partial charge in [0.1, 0.15) is 0 Å². The summed E-state index contributed by atoms with van der Waals surface area (Å²) in [7, 11) is 0. The second-order valence-electron chi connectivity index (χ2n) is 5.39. The summed E-state index contributed by atoms with van der Waals surface area (Å²) in [4.78, 5) is 27.6. The van der Waals surface area contributed by atoms with E-state index in [1.807, 2.05) is 0 Å². The summed E-state index contributed by atoms with van der Waals surface area (Å²) in [6.07, 6.45) is -0.962. The second kappa shape index (κ2) is 7.48. The molecule has 0 aliphatic heterocycles. The van der Waals surface area contributed by atoms with Gasteiger partial charge in [0.05, 0.1) is 11.6 Å². The van der Waals surface area contributed by atoms with Crippen molar-refractivity contribution < 1.29 is 23.1 Å². The third kappa shape index (κ3) is 4.35. The quantitative estimate of drug-likeness (QED) is 0.833. The zero-order valence-electron chi connectivity index (χ0n) is 13.3. The zero-order chi connectivity index (χ0) is 17.9. The van der Waals surface area contributed by atoms with Gasteiger partial charge in [-0.25, -0.2) is 13.8 Å². The van der Waals surface area contributed by atoms with Crippen LogP contribution in [0.2, 0.25) is 0 Å². The molecule has 1 aromatic carbocycles. The van der Waals surface area contributed by atoms with Crippen molar-refractivity contribution in [2.24, 2.45) is 5.92 Å². The third-order valence-electron chi connectivity index (χ3n) is 3.08. The SMILES string of the molecule is CC(C)C(=O)O[C@@H](C)C(=O)Nc1nc(-c2ccc(F)c(F)c2)cs1. The minimum Gasteiger partial charge on any atom is -0.452 e. The fourth-order valence-electron chi connectivity index (χ4n) is 1.69. The van der Waals surface area contributed by atoms with E-state index in [-0.39, 0.29) is 11.0 Å². The molecule has 0 radical (unpaired) electrons. The lowest BCUT2D eigenvalue weighted by molar-refractivity contribution is -0.156. The highest BCUT2D eigenvalue weighted by Gasteiger charge is 2.20. The number of rotatable bonds is 5. The molecule has 24 heavy (non-hydrogen) atoms. The van der Waals surface area contributed by atoms with E-state index in [2.05, 4.69) is 10.3 Å². The van der Waals surface area contributed by atoms with Crippen LogP contribution in [0.25, 0.3) is 11.3 Å². The largest absolute Gasteiger partial charge is 0.452 e. The highest BCUT2D eigenvalue weighted by molar-refractivity contribution is 7.14. The second-order valence-corrected chi connectivity index (χ2v) is 6.25. The van der Waals surface area contributed by atoms with Crippen molar-refractivity contribution in [1.29, 1.82) is 0 Å². The van der Waals surface area contributed by atoms with Crippen LogP contribution in [0.1, 0.15) is 20.8 Å². The first-order valence-electron chi connectivity index (χ1n) is 7.20. The first-order chi connectivity index (χ1) is 11.3. The molecule has 1 atom stereocenters. The van der Waals surface area contributed by atoms with Gasteiger partial charge in [-0.05, 0) is 25.1 Å². The number of benzene rings is 1. The predicted molar refractivity (Wildman–Crippen MR) is 86.5 cm³/mol. The van der Waals surface area contributed by atoms with Gasteiger partial charge in [0.2, 0.25) is 0 Å². The van der Waals surface area contributed by atoms with E-state index >= 15 is 0 Å². The topological polar surface area (TPSA) is 68.3 Å². The van der Waals surface area contributed by atoms with Gasteiger partial charge >= 0.3 is 5.97 Å². The number of nitrogens with zero attached hydrogens (tertiary/aromatic N) is 1. The number of anilines is 1. The van der Waals surface area contributed by atoms with Crippen molar-refractivity contribution in [2.45, 2.75) is 26.9 Å². The maximum absolute atomic E-state index is 13.3. The Kier molecular flexibility index (Phi) is 5.61.